The first-order chi connectivity index (χ1) is 7.66. The van der Waals surface area contributed by atoms with E-state index in [9.17, 15) is 4.39 Å². The third-order valence-corrected chi connectivity index (χ3v) is 2.86. The van der Waals surface area contributed by atoms with Gasteiger partial charge in [0.05, 0.1) is 11.1 Å². The number of pyridine rings is 1. The maximum atomic E-state index is 13.5. The lowest BCUT2D eigenvalue weighted by atomic mass is 10.2. The highest BCUT2D eigenvalue weighted by atomic mass is 35.5. The van der Waals surface area contributed by atoms with Gasteiger partial charge in [-0.25, -0.2) is 9.37 Å². The van der Waals surface area contributed by atoms with E-state index < -0.39 is 5.82 Å². The van der Waals surface area contributed by atoms with E-state index in [0.29, 0.717) is 17.4 Å². The quantitative estimate of drug-likeness (QED) is 0.817. The van der Waals surface area contributed by atoms with Crippen molar-refractivity contribution in [3.05, 3.63) is 23.1 Å². The number of ether oxygens (including phenoxy) is 1. The molecular formula is C11H14ClFN2O. The zero-order valence-electron chi connectivity index (χ0n) is 9.12. The first kappa shape index (κ1) is 11.6. The van der Waals surface area contributed by atoms with Crippen LogP contribution < -0.4 is 4.90 Å². The lowest BCUT2D eigenvalue weighted by Gasteiger charge is -2.21. The molecule has 1 saturated heterocycles. The predicted molar refractivity (Wildman–Crippen MR) is 61.4 cm³/mol. The van der Waals surface area contributed by atoms with Crippen LogP contribution in [-0.2, 0) is 4.74 Å². The first-order valence-corrected chi connectivity index (χ1v) is 5.68. The molecule has 2 rings (SSSR count). The van der Waals surface area contributed by atoms with Crippen molar-refractivity contribution < 1.29 is 9.13 Å². The zero-order chi connectivity index (χ0) is 11.5. The SMILES string of the molecule is CN(CC1CCCO1)c1ncc(Cl)cc1F. The summed E-state index contributed by atoms with van der Waals surface area (Å²) in [5.41, 5.74) is 0. The molecule has 0 aromatic carbocycles. The molecule has 1 fully saturated rings. The normalized spacial score (nSPS) is 20.1. The predicted octanol–water partition coefficient (Wildman–Crippen LogP) is 2.49. The van der Waals surface area contributed by atoms with Gasteiger partial charge >= 0.3 is 0 Å². The summed E-state index contributed by atoms with van der Waals surface area (Å²) in [5, 5.41) is 0.312. The van der Waals surface area contributed by atoms with Crippen molar-refractivity contribution in [1.82, 2.24) is 4.98 Å². The van der Waals surface area contributed by atoms with Crippen LogP contribution in [0.2, 0.25) is 5.02 Å². The van der Waals surface area contributed by atoms with E-state index >= 15 is 0 Å². The molecule has 1 aliphatic rings. The number of nitrogens with zero attached hydrogens (tertiary/aromatic N) is 2. The van der Waals surface area contributed by atoms with Crippen molar-refractivity contribution in [2.24, 2.45) is 0 Å². The molecule has 0 aliphatic carbocycles. The summed E-state index contributed by atoms with van der Waals surface area (Å²) >= 11 is 5.65. The van der Waals surface area contributed by atoms with Crippen LogP contribution in [0.15, 0.2) is 12.3 Å². The number of rotatable bonds is 3. The molecule has 5 heteroatoms. The van der Waals surface area contributed by atoms with Gasteiger partial charge in [-0.3, -0.25) is 0 Å². The zero-order valence-corrected chi connectivity index (χ0v) is 9.88. The fraction of sp³-hybridized carbons (Fsp3) is 0.545. The number of hydrogen-bond acceptors (Lipinski definition) is 3. The summed E-state index contributed by atoms with van der Waals surface area (Å²) in [6.07, 6.45) is 3.74. The van der Waals surface area contributed by atoms with Crippen LogP contribution in [0.1, 0.15) is 12.8 Å². The highest BCUT2D eigenvalue weighted by Gasteiger charge is 2.19. The van der Waals surface area contributed by atoms with E-state index in [0.717, 1.165) is 19.4 Å². The Morgan fingerprint density at radius 3 is 3.12 bits per heavy atom. The molecule has 0 amide bonds. The van der Waals surface area contributed by atoms with Gasteiger partial charge in [-0.1, -0.05) is 11.6 Å². The fourth-order valence-electron chi connectivity index (χ4n) is 1.87. The van der Waals surface area contributed by atoms with E-state index in [2.05, 4.69) is 4.98 Å². The molecule has 2 heterocycles. The van der Waals surface area contributed by atoms with E-state index in [1.807, 2.05) is 0 Å². The summed E-state index contributed by atoms with van der Waals surface area (Å²) in [7, 11) is 1.81. The van der Waals surface area contributed by atoms with Crippen molar-refractivity contribution in [1.29, 1.82) is 0 Å². The minimum absolute atomic E-state index is 0.182. The number of likely N-dealkylation sites (N-methyl/N-ethyl adjacent to an activating group) is 1. The number of aromatic nitrogens is 1. The molecule has 0 saturated carbocycles. The van der Waals surface area contributed by atoms with Crippen LogP contribution in [0.3, 0.4) is 0 Å². The molecule has 3 nitrogen and oxygen atoms in total. The van der Waals surface area contributed by atoms with Gasteiger partial charge in [0, 0.05) is 26.4 Å². The molecule has 1 aromatic heterocycles. The third kappa shape index (κ3) is 2.62. The van der Waals surface area contributed by atoms with Crippen molar-refractivity contribution in [3.8, 4) is 0 Å². The van der Waals surface area contributed by atoms with Crippen LogP contribution in [0, 0.1) is 5.82 Å². The summed E-state index contributed by atoms with van der Waals surface area (Å²) in [5.74, 6) is -0.0760. The second-order valence-corrected chi connectivity index (χ2v) is 4.41. The maximum Gasteiger partial charge on any atom is 0.167 e. The van der Waals surface area contributed by atoms with Crippen LogP contribution in [0.4, 0.5) is 10.2 Å². The molecule has 16 heavy (non-hydrogen) atoms. The van der Waals surface area contributed by atoms with Gasteiger partial charge < -0.3 is 9.64 Å². The Morgan fingerprint density at radius 1 is 1.69 bits per heavy atom. The van der Waals surface area contributed by atoms with Crippen molar-refractivity contribution in [3.63, 3.8) is 0 Å². The van der Waals surface area contributed by atoms with E-state index in [1.54, 1.807) is 11.9 Å². The molecule has 1 atom stereocenters. The minimum Gasteiger partial charge on any atom is -0.376 e. The second kappa shape index (κ2) is 4.97. The van der Waals surface area contributed by atoms with Crippen LogP contribution in [-0.4, -0.2) is 31.3 Å². The molecule has 88 valence electrons. The standard InChI is InChI=1S/C11H14ClFN2O/c1-15(7-9-3-2-4-16-9)11-10(13)5-8(12)6-14-11/h5-6,9H,2-4,7H2,1H3. The lowest BCUT2D eigenvalue weighted by Crippen LogP contribution is -2.29. The van der Waals surface area contributed by atoms with Crippen LogP contribution >= 0.6 is 11.6 Å². The van der Waals surface area contributed by atoms with Gasteiger partial charge in [0.1, 0.15) is 0 Å². The summed E-state index contributed by atoms with van der Waals surface area (Å²) < 4.78 is 19.0. The maximum absolute atomic E-state index is 13.5. The van der Waals surface area contributed by atoms with Crippen molar-refractivity contribution >= 4 is 17.4 Å². The Morgan fingerprint density at radius 2 is 2.50 bits per heavy atom. The molecule has 1 unspecified atom stereocenters. The summed E-state index contributed by atoms with van der Waals surface area (Å²) in [4.78, 5) is 5.75. The summed E-state index contributed by atoms with van der Waals surface area (Å²) in [6.45, 7) is 1.46. The smallest absolute Gasteiger partial charge is 0.167 e. The Labute approximate surface area is 99.2 Å². The Kier molecular flexibility index (Phi) is 3.61. The van der Waals surface area contributed by atoms with E-state index in [4.69, 9.17) is 16.3 Å². The fourth-order valence-corrected chi connectivity index (χ4v) is 2.01. The van der Waals surface area contributed by atoms with Crippen LogP contribution in [0.25, 0.3) is 0 Å². The molecule has 1 aromatic rings. The van der Waals surface area contributed by atoms with Crippen molar-refractivity contribution in [2.45, 2.75) is 18.9 Å². The van der Waals surface area contributed by atoms with Gasteiger partial charge in [0.25, 0.3) is 0 Å². The summed E-state index contributed by atoms with van der Waals surface area (Å²) in [6, 6.07) is 1.27. The highest BCUT2D eigenvalue weighted by Crippen LogP contribution is 2.20. The largest absolute Gasteiger partial charge is 0.376 e. The molecule has 0 radical (unpaired) electrons. The number of anilines is 1. The average Bonchev–Trinajstić information content (AvgIpc) is 2.70. The first-order valence-electron chi connectivity index (χ1n) is 5.30. The Hall–Kier alpha value is -0.870. The molecular weight excluding hydrogens is 231 g/mol. The van der Waals surface area contributed by atoms with Gasteiger partial charge in [0.15, 0.2) is 11.6 Å². The Balaban J connectivity index is 2.04. The monoisotopic (exact) mass is 244 g/mol. The van der Waals surface area contributed by atoms with E-state index in [-0.39, 0.29) is 6.10 Å². The topological polar surface area (TPSA) is 25.4 Å². The molecule has 1 aliphatic heterocycles. The van der Waals surface area contributed by atoms with Gasteiger partial charge in [-0.2, -0.15) is 0 Å². The third-order valence-electron chi connectivity index (χ3n) is 2.65. The molecule has 0 bridgehead atoms. The van der Waals surface area contributed by atoms with Crippen molar-refractivity contribution in [2.75, 3.05) is 25.1 Å². The van der Waals surface area contributed by atoms with E-state index in [1.165, 1.54) is 12.3 Å². The Bertz CT molecular complexity index is 369. The molecule has 0 spiro atoms. The van der Waals surface area contributed by atoms with Crippen LogP contribution in [0.5, 0.6) is 0 Å². The highest BCUT2D eigenvalue weighted by molar-refractivity contribution is 6.30. The number of hydrogen-bond donors (Lipinski definition) is 0. The minimum atomic E-state index is -0.395. The molecule has 0 N–H and O–H groups in total. The number of halogens is 2. The average molecular weight is 245 g/mol. The lowest BCUT2D eigenvalue weighted by molar-refractivity contribution is 0.116. The van der Waals surface area contributed by atoms with Gasteiger partial charge in [-0.05, 0) is 18.9 Å². The second-order valence-electron chi connectivity index (χ2n) is 3.97. The van der Waals surface area contributed by atoms with Gasteiger partial charge in [0.2, 0.25) is 0 Å². The van der Waals surface area contributed by atoms with Gasteiger partial charge in [-0.15, -0.1) is 0 Å².